The molecule has 3 aromatic rings. The van der Waals surface area contributed by atoms with Crippen LogP contribution in [0.3, 0.4) is 0 Å². The molecule has 0 saturated carbocycles. The fraction of sp³-hybridized carbons (Fsp3) is 0.391. The summed E-state index contributed by atoms with van der Waals surface area (Å²) in [5.74, 6) is -6.41. The van der Waals surface area contributed by atoms with E-state index in [1.165, 1.54) is 4.40 Å². The molecule has 1 unspecified atom stereocenters. The Morgan fingerprint density at radius 2 is 1.82 bits per heavy atom. The highest BCUT2D eigenvalue weighted by Crippen LogP contribution is 2.27. The van der Waals surface area contributed by atoms with Gasteiger partial charge in [-0.1, -0.05) is 13.3 Å². The number of carbonyl (C=O) groups excluding carboxylic acids is 1. The molecule has 0 aliphatic rings. The van der Waals surface area contributed by atoms with E-state index in [0.717, 1.165) is 12.8 Å². The highest BCUT2D eigenvalue weighted by Gasteiger charge is 2.24. The van der Waals surface area contributed by atoms with Crippen LogP contribution in [0, 0.1) is 37.1 Å². The van der Waals surface area contributed by atoms with Crippen molar-refractivity contribution in [3.63, 3.8) is 0 Å². The Morgan fingerprint density at radius 3 is 2.42 bits per heavy atom. The maximum atomic E-state index is 14.0. The highest BCUT2D eigenvalue weighted by molar-refractivity contribution is 5.95. The smallest absolute Gasteiger partial charge is 0.270 e. The van der Waals surface area contributed by atoms with E-state index >= 15 is 0 Å². The average molecular weight is 466 g/mol. The minimum atomic E-state index is -1.53. The largest absolute Gasteiger partial charge is 0.485 e. The van der Waals surface area contributed by atoms with Crippen molar-refractivity contribution in [2.45, 2.75) is 52.7 Å². The van der Waals surface area contributed by atoms with E-state index in [9.17, 15) is 22.4 Å². The minimum absolute atomic E-state index is 0.0928. The van der Waals surface area contributed by atoms with Gasteiger partial charge in [0.1, 0.15) is 12.3 Å². The van der Waals surface area contributed by atoms with Gasteiger partial charge in [0.25, 0.3) is 5.91 Å². The van der Waals surface area contributed by atoms with Gasteiger partial charge in [-0.05, 0) is 38.8 Å². The molecule has 2 aromatic heterocycles. The molecule has 3 rings (SSSR count). The lowest BCUT2D eigenvalue weighted by Crippen LogP contribution is -2.47. The quantitative estimate of drug-likeness (QED) is 0.382. The Hall–Kier alpha value is -3.14. The summed E-state index contributed by atoms with van der Waals surface area (Å²) in [6.07, 6.45) is 3.26. The summed E-state index contributed by atoms with van der Waals surface area (Å²) < 4.78 is 62.0. The maximum absolute atomic E-state index is 14.0. The van der Waals surface area contributed by atoms with Crippen molar-refractivity contribution < 1.29 is 27.1 Å². The van der Waals surface area contributed by atoms with E-state index in [4.69, 9.17) is 10.5 Å². The topological polar surface area (TPSA) is 81.6 Å². The number of benzene rings is 1. The predicted molar refractivity (Wildman–Crippen MR) is 115 cm³/mol. The first-order chi connectivity index (χ1) is 15.4. The number of carbonyl (C=O) groups is 1. The molecule has 2 heterocycles. The van der Waals surface area contributed by atoms with E-state index in [-0.39, 0.29) is 29.7 Å². The number of nitrogens with one attached hydrogen (secondary N) is 1. The molecule has 1 atom stereocenters. The zero-order valence-corrected chi connectivity index (χ0v) is 18.9. The van der Waals surface area contributed by atoms with Crippen LogP contribution >= 0.6 is 0 Å². The third-order valence-electron chi connectivity index (χ3n) is 5.26. The van der Waals surface area contributed by atoms with Gasteiger partial charge in [0.15, 0.2) is 34.7 Å². The molecular formula is C23H26F4N4O2. The second-order valence-electron chi connectivity index (χ2n) is 8.44. The molecule has 1 amide bonds. The Balaban J connectivity index is 1.93. The van der Waals surface area contributed by atoms with Gasteiger partial charge in [-0.3, -0.25) is 9.20 Å². The lowest BCUT2D eigenvalue weighted by atomic mass is 9.98. The second kappa shape index (κ2) is 9.38. The zero-order chi connectivity index (χ0) is 24.5. The summed E-state index contributed by atoms with van der Waals surface area (Å²) in [7, 11) is 0. The number of hydrogen-bond donors (Lipinski definition) is 2. The zero-order valence-electron chi connectivity index (χ0n) is 18.9. The van der Waals surface area contributed by atoms with Crippen molar-refractivity contribution in [2.75, 3.05) is 6.54 Å². The molecule has 0 aliphatic heterocycles. The molecule has 33 heavy (non-hydrogen) atoms. The standard InChI is InChI=1S/C23H26F4N4O2/c1-5-6-23(4,28)11-29-22(32)20-13(3)30-21-17(7-12(2)9-31(20)21)33-10-14-18(26)15(24)8-16(25)19(14)27/h7-9H,5-6,10-11,28H2,1-4H3,(H,29,32). The van der Waals surface area contributed by atoms with Crippen LogP contribution < -0.4 is 15.8 Å². The first-order valence-corrected chi connectivity index (χ1v) is 10.5. The van der Waals surface area contributed by atoms with E-state index < -0.39 is 46.9 Å². The number of rotatable bonds is 8. The molecule has 6 nitrogen and oxygen atoms in total. The first kappa shape index (κ1) is 24.5. The summed E-state index contributed by atoms with van der Waals surface area (Å²) in [5, 5.41) is 2.82. The Bertz CT molecular complexity index is 1180. The average Bonchev–Trinajstić information content (AvgIpc) is 3.06. The number of aromatic nitrogens is 2. The van der Waals surface area contributed by atoms with E-state index in [1.807, 2.05) is 13.8 Å². The van der Waals surface area contributed by atoms with Crippen LogP contribution in [0.1, 0.15) is 54.0 Å². The molecule has 0 radical (unpaired) electrons. The van der Waals surface area contributed by atoms with E-state index in [0.29, 0.717) is 11.3 Å². The Kier molecular flexibility index (Phi) is 6.97. The second-order valence-corrected chi connectivity index (χ2v) is 8.44. The number of fused-ring (bicyclic) bond motifs is 1. The number of ether oxygens (including phenoxy) is 1. The van der Waals surface area contributed by atoms with Crippen LogP contribution in [0.2, 0.25) is 0 Å². The van der Waals surface area contributed by atoms with Crippen molar-refractivity contribution in [1.29, 1.82) is 0 Å². The van der Waals surface area contributed by atoms with Gasteiger partial charge in [-0.2, -0.15) is 0 Å². The molecule has 0 bridgehead atoms. The van der Waals surface area contributed by atoms with Crippen molar-refractivity contribution >= 4 is 11.6 Å². The molecular weight excluding hydrogens is 440 g/mol. The fourth-order valence-corrected chi connectivity index (χ4v) is 3.66. The lowest BCUT2D eigenvalue weighted by molar-refractivity contribution is 0.0937. The predicted octanol–water partition coefficient (Wildman–Crippen LogP) is 4.33. The SMILES string of the molecule is CCCC(C)(N)CNC(=O)c1c(C)nc2c(OCc3c(F)c(F)cc(F)c3F)cc(C)cn12. The molecule has 0 spiro atoms. The third kappa shape index (κ3) is 5.11. The number of aryl methyl sites for hydroxylation is 2. The van der Waals surface area contributed by atoms with Gasteiger partial charge in [0, 0.05) is 24.3 Å². The fourth-order valence-electron chi connectivity index (χ4n) is 3.66. The molecule has 0 aliphatic carbocycles. The number of imidazole rings is 1. The molecule has 0 saturated heterocycles. The maximum Gasteiger partial charge on any atom is 0.270 e. The monoisotopic (exact) mass is 466 g/mol. The Morgan fingerprint density at radius 1 is 1.18 bits per heavy atom. The van der Waals surface area contributed by atoms with Gasteiger partial charge >= 0.3 is 0 Å². The molecule has 178 valence electrons. The van der Waals surface area contributed by atoms with Crippen LogP contribution in [0.25, 0.3) is 5.65 Å². The number of nitrogens with two attached hydrogens (primary N) is 1. The van der Waals surface area contributed by atoms with Crippen molar-refractivity contribution in [3.8, 4) is 5.75 Å². The van der Waals surface area contributed by atoms with Gasteiger partial charge in [-0.15, -0.1) is 0 Å². The summed E-state index contributed by atoms with van der Waals surface area (Å²) >= 11 is 0. The molecule has 1 aromatic carbocycles. The van der Waals surface area contributed by atoms with Crippen molar-refractivity contribution in [3.05, 3.63) is 64.1 Å². The summed E-state index contributed by atoms with van der Waals surface area (Å²) in [6.45, 7) is 6.69. The molecule has 10 heteroatoms. The van der Waals surface area contributed by atoms with Crippen LogP contribution in [0.15, 0.2) is 18.3 Å². The molecule has 0 fully saturated rings. The number of pyridine rings is 1. The number of halogens is 4. The summed E-state index contributed by atoms with van der Waals surface area (Å²) in [6, 6.07) is 1.68. The minimum Gasteiger partial charge on any atom is -0.485 e. The van der Waals surface area contributed by atoms with Gasteiger partial charge in [0.2, 0.25) is 0 Å². The van der Waals surface area contributed by atoms with Crippen LogP contribution in [0.5, 0.6) is 5.75 Å². The van der Waals surface area contributed by atoms with Crippen LogP contribution in [-0.2, 0) is 6.61 Å². The van der Waals surface area contributed by atoms with E-state index in [2.05, 4.69) is 10.3 Å². The normalized spacial score (nSPS) is 13.2. The number of nitrogens with zero attached hydrogens (tertiary/aromatic N) is 2. The van der Waals surface area contributed by atoms with Crippen molar-refractivity contribution in [2.24, 2.45) is 5.73 Å². The lowest BCUT2D eigenvalue weighted by Gasteiger charge is -2.24. The number of hydrogen-bond acceptors (Lipinski definition) is 4. The van der Waals surface area contributed by atoms with Gasteiger partial charge in [0.05, 0.1) is 11.3 Å². The van der Waals surface area contributed by atoms with Gasteiger partial charge < -0.3 is 15.8 Å². The molecule has 3 N–H and O–H groups in total. The van der Waals surface area contributed by atoms with E-state index in [1.54, 1.807) is 26.1 Å². The van der Waals surface area contributed by atoms with Gasteiger partial charge in [-0.25, -0.2) is 22.5 Å². The summed E-state index contributed by atoms with van der Waals surface area (Å²) in [5.41, 5.74) is 6.26. The first-order valence-electron chi connectivity index (χ1n) is 10.5. The summed E-state index contributed by atoms with van der Waals surface area (Å²) in [4.78, 5) is 17.3. The Labute approximate surface area is 188 Å². The van der Waals surface area contributed by atoms with Crippen molar-refractivity contribution in [1.82, 2.24) is 14.7 Å². The van der Waals surface area contributed by atoms with Crippen LogP contribution in [0.4, 0.5) is 17.6 Å². The highest BCUT2D eigenvalue weighted by atomic mass is 19.2. The van der Waals surface area contributed by atoms with Crippen LogP contribution in [-0.4, -0.2) is 27.4 Å². The number of amides is 1. The third-order valence-corrected chi connectivity index (χ3v) is 5.26.